The normalized spacial score (nSPS) is 14.3. The third-order valence-corrected chi connectivity index (χ3v) is 5.68. The minimum atomic E-state index is -3.75. The van der Waals surface area contributed by atoms with Crippen LogP contribution in [0.4, 0.5) is 5.69 Å². The van der Waals surface area contributed by atoms with E-state index in [1.54, 1.807) is 16.8 Å². The topological polar surface area (TPSA) is 92.5 Å². The molecule has 2 heterocycles. The monoisotopic (exact) mass is 335 g/mol. The van der Waals surface area contributed by atoms with Gasteiger partial charge in [-0.3, -0.25) is 8.99 Å². The second kappa shape index (κ2) is 5.38. The summed E-state index contributed by atoms with van der Waals surface area (Å²) in [4.78, 5) is 11.4. The minimum Gasteiger partial charge on any atom is -0.478 e. The molecule has 3 rings (SSSR count). The Labute approximate surface area is 134 Å². The largest absolute Gasteiger partial charge is 0.478 e. The van der Waals surface area contributed by atoms with Crippen LogP contribution in [-0.4, -0.2) is 35.8 Å². The molecule has 1 aromatic heterocycles. The molecule has 0 saturated carbocycles. The van der Waals surface area contributed by atoms with Crippen molar-refractivity contribution in [1.82, 2.24) is 9.78 Å². The molecule has 0 saturated heterocycles. The standard InChI is InChI=1S/C15H17N3O4S/c1-10(2)17-9-11(8-16-17)23(21,22)18-7-6-12-13(15(19)20)4-3-5-14(12)18/h3-5,8-10H,6-7H2,1-2H3,(H,19,20). The molecule has 0 radical (unpaired) electrons. The molecule has 0 spiro atoms. The molecule has 1 aromatic carbocycles. The first-order valence-corrected chi connectivity index (χ1v) is 8.68. The number of anilines is 1. The van der Waals surface area contributed by atoms with E-state index in [-0.39, 0.29) is 23.0 Å². The van der Waals surface area contributed by atoms with Gasteiger partial charge >= 0.3 is 5.97 Å². The Balaban J connectivity index is 2.04. The number of rotatable bonds is 4. The van der Waals surface area contributed by atoms with Crippen LogP contribution in [-0.2, 0) is 16.4 Å². The number of carboxylic acids is 1. The van der Waals surface area contributed by atoms with E-state index in [0.717, 1.165) is 0 Å². The van der Waals surface area contributed by atoms with Crippen LogP contribution < -0.4 is 4.31 Å². The van der Waals surface area contributed by atoms with Gasteiger partial charge in [0.05, 0.1) is 17.4 Å². The lowest BCUT2D eigenvalue weighted by molar-refractivity contribution is 0.0696. The SMILES string of the molecule is CC(C)n1cc(S(=O)(=O)N2CCc3c(C(=O)O)cccc32)cn1. The number of aromatic nitrogens is 2. The first-order chi connectivity index (χ1) is 10.8. The fourth-order valence-corrected chi connectivity index (χ4v) is 4.16. The Bertz CT molecular complexity index is 871. The van der Waals surface area contributed by atoms with Crippen molar-refractivity contribution < 1.29 is 18.3 Å². The highest BCUT2D eigenvalue weighted by Crippen LogP contribution is 2.35. The molecule has 0 atom stereocenters. The van der Waals surface area contributed by atoms with Crippen LogP contribution in [0.5, 0.6) is 0 Å². The number of sulfonamides is 1. The highest BCUT2D eigenvalue weighted by Gasteiger charge is 2.33. The summed E-state index contributed by atoms with van der Waals surface area (Å²) < 4.78 is 28.5. The van der Waals surface area contributed by atoms with Crippen LogP contribution in [0.15, 0.2) is 35.5 Å². The highest BCUT2D eigenvalue weighted by atomic mass is 32.2. The van der Waals surface area contributed by atoms with E-state index in [1.807, 2.05) is 13.8 Å². The second-order valence-corrected chi connectivity index (χ2v) is 7.55. The van der Waals surface area contributed by atoms with Gasteiger partial charge in [-0.05, 0) is 38.0 Å². The van der Waals surface area contributed by atoms with E-state index in [2.05, 4.69) is 5.10 Å². The van der Waals surface area contributed by atoms with Crippen LogP contribution in [0.3, 0.4) is 0 Å². The Hall–Kier alpha value is -2.35. The van der Waals surface area contributed by atoms with Crippen molar-refractivity contribution in [1.29, 1.82) is 0 Å². The quantitative estimate of drug-likeness (QED) is 0.921. The van der Waals surface area contributed by atoms with Crippen molar-refractivity contribution in [3.05, 3.63) is 41.7 Å². The Kier molecular flexibility index (Phi) is 3.63. The maximum atomic E-state index is 12.8. The molecule has 1 aliphatic heterocycles. The molecular formula is C15H17N3O4S. The third-order valence-electron chi connectivity index (χ3n) is 3.91. The number of hydrogen-bond donors (Lipinski definition) is 1. The molecule has 0 amide bonds. The summed E-state index contributed by atoms with van der Waals surface area (Å²) in [6, 6.07) is 4.75. The molecule has 1 N–H and O–H groups in total. The lowest BCUT2D eigenvalue weighted by atomic mass is 10.1. The molecular weight excluding hydrogens is 318 g/mol. The van der Waals surface area contributed by atoms with Crippen LogP contribution in [0, 0.1) is 0 Å². The smallest absolute Gasteiger partial charge is 0.336 e. The number of benzene rings is 1. The highest BCUT2D eigenvalue weighted by molar-refractivity contribution is 7.92. The molecule has 0 bridgehead atoms. The van der Waals surface area contributed by atoms with Crippen LogP contribution in [0.2, 0.25) is 0 Å². The molecule has 122 valence electrons. The second-order valence-electron chi connectivity index (χ2n) is 5.69. The van der Waals surface area contributed by atoms with E-state index >= 15 is 0 Å². The third kappa shape index (κ3) is 2.48. The fraction of sp³-hybridized carbons (Fsp3) is 0.333. The van der Waals surface area contributed by atoms with E-state index in [1.165, 1.54) is 22.8 Å². The van der Waals surface area contributed by atoms with Gasteiger partial charge in [0.2, 0.25) is 0 Å². The average molecular weight is 335 g/mol. The zero-order chi connectivity index (χ0) is 16.8. The molecule has 0 fully saturated rings. The fourth-order valence-electron chi connectivity index (χ4n) is 2.72. The zero-order valence-electron chi connectivity index (χ0n) is 12.8. The van der Waals surface area contributed by atoms with Gasteiger partial charge in [0.1, 0.15) is 4.90 Å². The van der Waals surface area contributed by atoms with E-state index in [4.69, 9.17) is 0 Å². The van der Waals surface area contributed by atoms with Gasteiger partial charge < -0.3 is 5.11 Å². The van der Waals surface area contributed by atoms with Crippen molar-refractivity contribution in [2.75, 3.05) is 10.8 Å². The van der Waals surface area contributed by atoms with Crippen molar-refractivity contribution >= 4 is 21.7 Å². The Morgan fingerprint density at radius 1 is 1.35 bits per heavy atom. The lowest BCUT2D eigenvalue weighted by Gasteiger charge is -2.18. The van der Waals surface area contributed by atoms with E-state index in [0.29, 0.717) is 17.7 Å². The first kappa shape index (κ1) is 15.5. The summed E-state index contributed by atoms with van der Waals surface area (Å²) in [6.07, 6.45) is 3.21. The lowest BCUT2D eigenvalue weighted by Crippen LogP contribution is -2.28. The number of carboxylic acid groups (broad SMARTS) is 1. The summed E-state index contributed by atoms with van der Waals surface area (Å²) in [7, 11) is -3.75. The van der Waals surface area contributed by atoms with Gasteiger partial charge in [-0.1, -0.05) is 6.07 Å². The summed E-state index contributed by atoms with van der Waals surface area (Å²) in [5.74, 6) is -1.05. The van der Waals surface area contributed by atoms with Crippen molar-refractivity contribution in [2.24, 2.45) is 0 Å². The molecule has 7 nitrogen and oxygen atoms in total. The van der Waals surface area contributed by atoms with E-state index < -0.39 is 16.0 Å². The van der Waals surface area contributed by atoms with Crippen molar-refractivity contribution in [3.63, 3.8) is 0 Å². The molecule has 8 heteroatoms. The van der Waals surface area contributed by atoms with Crippen molar-refractivity contribution in [3.8, 4) is 0 Å². The van der Waals surface area contributed by atoms with Crippen molar-refractivity contribution in [2.45, 2.75) is 31.2 Å². The molecule has 0 unspecified atom stereocenters. The number of fused-ring (bicyclic) bond motifs is 1. The van der Waals surface area contributed by atoms with Gasteiger partial charge in [-0.25, -0.2) is 13.2 Å². The zero-order valence-corrected chi connectivity index (χ0v) is 13.6. The summed E-state index contributed by atoms with van der Waals surface area (Å²) in [6.45, 7) is 4.05. The maximum absolute atomic E-state index is 12.8. The summed E-state index contributed by atoms with van der Waals surface area (Å²) in [5, 5.41) is 13.3. The predicted molar refractivity (Wildman–Crippen MR) is 84.2 cm³/mol. The minimum absolute atomic E-state index is 0.0587. The van der Waals surface area contributed by atoms with Crippen LogP contribution >= 0.6 is 0 Å². The number of nitrogens with zero attached hydrogens (tertiary/aromatic N) is 3. The molecule has 23 heavy (non-hydrogen) atoms. The Morgan fingerprint density at radius 2 is 2.09 bits per heavy atom. The molecule has 0 aliphatic carbocycles. The molecule has 1 aliphatic rings. The van der Waals surface area contributed by atoms with E-state index in [9.17, 15) is 18.3 Å². The number of carbonyl (C=O) groups is 1. The van der Waals surface area contributed by atoms with Gasteiger partial charge in [-0.15, -0.1) is 0 Å². The van der Waals surface area contributed by atoms with Gasteiger partial charge in [0.15, 0.2) is 0 Å². The van der Waals surface area contributed by atoms with Gasteiger partial charge in [-0.2, -0.15) is 5.10 Å². The van der Waals surface area contributed by atoms with Crippen LogP contribution in [0.1, 0.15) is 35.8 Å². The maximum Gasteiger partial charge on any atom is 0.336 e. The number of aromatic carboxylic acids is 1. The Morgan fingerprint density at radius 3 is 2.70 bits per heavy atom. The summed E-state index contributed by atoms with van der Waals surface area (Å²) in [5.41, 5.74) is 1.14. The first-order valence-electron chi connectivity index (χ1n) is 7.24. The predicted octanol–water partition coefficient (Wildman–Crippen LogP) is 1.91. The van der Waals surface area contributed by atoms with Crippen LogP contribution in [0.25, 0.3) is 0 Å². The molecule has 2 aromatic rings. The summed E-state index contributed by atoms with van der Waals surface area (Å²) >= 11 is 0. The van der Waals surface area contributed by atoms with Gasteiger partial charge in [0, 0.05) is 18.8 Å². The number of hydrogen-bond acceptors (Lipinski definition) is 4. The van der Waals surface area contributed by atoms with Gasteiger partial charge in [0.25, 0.3) is 10.0 Å². The average Bonchev–Trinajstić information content (AvgIpc) is 3.14.